The van der Waals surface area contributed by atoms with Crippen molar-refractivity contribution >= 4 is 6.09 Å². The van der Waals surface area contributed by atoms with E-state index in [4.69, 9.17) is 4.74 Å². The lowest BCUT2D eigenvalue weighted by Gasteiger charge is -2.43. The number of carbonyl (C=O) groups is 1. The van der Waals surface area contributed by atoms with Gasteiger partial charge in [0.1, 0.15) is 11.2 Å². The second-order valence-corrected chi connectivity index (χ2v) is 7.45. The minimum absolute atomic E-state index is 0.0335. The lowest BCUT2D eigenvalue weighted by atomic mass is 9.71. The summed E-state index contributed by atoms with van der Waals surface area (Å²) in [7, 11) is 0. The quantitative estimate of drug-likeness (QED) is 0.841. The highest BCUT2D eigenvalue weighted by Gasteiger charge is 2.55. The van der Waals surface area contributed by atoms with Gasteiger partial charge in [0.25, 0.3) is 5.92 Å². The Labute approximate surface area is 125 Å². The fraction of sp³-hybridized carbons (Fsp3) is 0.933. The average molecular weight is 307 g/mol. The number of amides is 1. The Morgan fingerprint density at radius 1 is 1.29 bits per heavy atom. The summed E-state index contributed by atoms with van der Waals surface area (Å²) in [6.07, 6.45) is 0.0149. The number of alkyl carbamates (subject to hydrolysis) is 1. The molecule has 1 fully saturated rings. The summed E-state index contributed by atoms with van der Waals surface area (Å²) in [5.41, 5.74) is -2.82. The summed E-state index contributed by atoms with van der Waals surface area (Å²) < 4.78 is 33.6. The number of rotatable bonds is 3. The molecule has 6 heteroatoms. The molecular formula is C15H27F2NO3. The number of alkyl halides is 2. The van der Waals surface area contributed by atoms with E-state index in [0.29, 0.717) is 0 Å². The maximum atomic E-state index is 14.3. The first kappa shape index (κ1) is 18.1. The van der Waals surface area contributed by atoms with Crippen LogP contribution >= 0.6 is 0 Å². The lowest BCUT2D eigenvalue weighted by molar-refractivity contribution is -0.204. The first-order chi connectivity index (χ1) is 9.35. The molecule has 0 spiro atoms. The molecule has 4 nitrogen and oxygen atoms in total. The van der Waals surface area contributed by atoms with Crippen LogP contribution in [0.1, 0.15) is 53.9 Å². The molecule has 0 aromatic heterocycles. The minimum Gasteiger partial charge on any atom is -0.444 e. The molecule has 0 saturated heterocycles. The minimum atomic E-state index is -3.38. The van der Waals surface area contributed by atoms with Crippen LogP contribution in [-0.2, 0) is 4.74 Å². The van der Waals surface area contributed by atoms with Crippen LogP contribution < -0.4 is 5.32 Å². The average Bonchev–Trinajstić information content (AvgIpc) is 2.22. The van der Waals surface area contributed by atoms with E-state index in [0.717, 1.165) is 6.42 Å². The molecule has 124 valence electrons. The van der Waals surface area contributed by atoms with E-state index in [1.54, 1.807) is 20.8 Å². The van der Waals surface area contributed by atoms with Crippen molar-refractivity contribution in [1.82, 2.24) is 5.32 Å². The molecule has 1 aliphatic carbocycles. The van der Waals surface area contributed by atoms with E-state index in [-0.39, 0.29) is 24.7 Å². The topological polar surface area (TPSA) is 58.6 Å². The molecule has 21 heavy (non-hydrogen) atoms. The van der Waals surface area contributed by atoms with Gasteiger partial charge >= 0.3 is 6.09 Å². The van der Waals surface area contributed by atoms with E-state index in [2.05, 4.69) is 5.32 Å². The maximum Gasteiger partial charge on any atom is 0.407 e. The molecule has 0 aliphatic heterocycles. The van der Waals surface area contributed by atoms with Gasteiger partial charge in [-0.3, -0.25) is 0 Å². The predicted molar refractivity (Wildman–Crippen MR) is 76.3 cm³/mol. The zero-order valence-electron chi connectivity index (χ0n) is 13.5. The SMILES string of the molecule is CC1CC(C)CC(O)(C(F)(F)CNC(=O)OC(C)(C)C)C1. The Balaban J connectivity index is 2.65. The van der Waals surface area contributed by atoms with Crippen LogP contribution in [0.3, 0.4) is 0 Å². The Hall–Kier alpha value is -0.910. The van der Waals surface area contributed by atoms with Gasteiger partial charge in [-0.25, -0.2) is 13.6 Å². The van der Waals surface area contributed by atoms with Crippen molar-refractivity contribution in [1.29, 1.82) is 0 Å². The van der Waals surface area contributed by atoms with Gasteiger partial charge in [-0.2, -0.15) is 0 Å². The van der Waals surface area contributed by atoms with Crippen LogP contribution in [0.15, 0.2) is 0 Å². The van der Waals surface area contributed by atoms with Gasteiger partial charge in [-0.1, -0.05) is 13.8 Å². The van der Waals surface area contributed by atoms with Crippen LogP contribution in [0.25, 0.3) is 0 Å². The fourth-order valence-corrected chi connectivity index (χ4v) is 3.05. The number of ether oxygens (including phenoxy) is 1. The van der Waals surface area contributed by atoms with Gasteiger partial charge in [-0.05, 0) is 51.9 Å². The number of halogens is 2. The van der Waals surface area contributed by atoms with Crippen molar-refractivity contribution in [2.45, 2.75) is 71.0 Å². The van der Waals surface area contributed by atoms with Gasteiger partial charge < -0.3 is 15.2 Å². The van der Waals surface area contributed by atoms with Gasteiger partial charge in [0.2, 0.25) is 0 Å². The first-order valence-electron chi connectivity index (χ1n) is 7.42. The number of nitrogens with one attached hydrogen (secondary N) is 1. The summed E-state index contributed by atoms with van der Waals surface area (Å²) in [6.45, 7) is 7.77. The van der Waals surface area contributed by atoms with Crippen LogP contribution in [0, 0.1) is 11.8 Å². The highest BCUT2D eigenvalue weighted by atomic mass is 19.3. The van der Waals surface area contributed by atoms with Crippen LogP contribution in [0.5, 0.6) is 0 Å². The molecule has 1 amide bonds. The van der Waals surface area contributed by atoms with Crippen LogP contribution in [0.2, 0.25) is 0 Å². The normalized spacial score (nSPS) is 30.9. The van der Waals surface area contributed by atoms with Crippen molar-refractivity contribution in [3.63, 3.8) is 0 Å². The summed E-state index contributed by atoms with van der Waals surface area (Å²) >= 11 is 0. The zero-order valence-corrected chi connectivity index (χ0v) is 13.5. The largest absolute Gasteiger partial charge is 0.444 e. The second kappa shape index (κ2) is 6.07. The molecule has 0 radical (unpaired) electrons. The van der Waals surface area contributed by atoms with Crippen LogP contribution in [0.4, 0.5) is 13.6 Å². The molecule has 1 saturated carbocycles. The van der Waals surface area contributed by atoms with Crippen molar-refractivity contribution in [3.8, 4) is 0 Å². The molecule has 0 heterocycles. The standard InChI is InChI=1S/C15H27F2NO3/c1-10-6-11(2)8-14(20,7-10)15(16,17)9-18-12(19)21-13(3,4)5/h10-11,20H,6-9H2,1-5H3,(H,18,19). The number of hydrogen-bond donors (Lipinski definition) is 2. The van der Waals surface area contributed by atoms with Crippen molar-refractivity contribution in [3.05, 3.63) is 0 Å². The van der Waals surface area contributed by atoms with Crippen molar-refractivity contribution < 1.29 is 23.4 Å². The highest BCUT2D eigenvalue weighted by Crippen LogP contribution is 2.44. The summed E-state index contributed by atoms with van der Waals surface area (Å²) in [6, 6.07) is 0. The van der Waals surface area contributed by atoms with Gasteiger partial charge in [0, 0.05) is 0 Å². The Morgan fingerprint density at radius 2 is 1.76 bits per heavy atom. The predicted octanol–water partition coefficient (Wildman–Crippen LogP) is 3.33. The van der Waals surface area contributed by atoms with Crippen molar-refractivity contribution in [2.75, 3.05) is 6.54 Å². The molecule has 0 bridgehead atoms. The summed E-state index contributed by atoms with van der Waals surface area (Å²) in [5, 5.41) is 12.4. The monoisotopic (exact) mass is 307 g/mol. The fourth-order valence-electron chi connectivity index (χ4n) is 3.05. The third-order valence-corrected chi connectivity index (χ3v) is 3.71. The Kier molecular flexibility index (Phi) is 5.24. The van der Waals surface area contributed by atoms with E-state index in [1.165, 1.54) is 0 Å². The van der Waals surface area contributed by atoms with E-state index >= 15 is 0 Å². The molecule has 2 N–H and O–H groups in total. The third-order valence-electron chi connectivity index (χ3n) is 3.71. The number of carbonyl (C=O) groups excluding carboxylic acids is 1. The zero-order chi connectivity index (χ0) is 16.5. The lowest BCUT2D eigenvalue weighted by Crippen LogP contribution is -2.57. The molecule has 0 aromatic rings. The number of hydrogen-bond acceptors (Lipinski definition) is 3. The second-order valence-electron chi connectivity index (χ2n) is 7.45. The molecule has 1 rings (SSSR count). The molecule has 2 unspecified atom stereocenters. The first-order valence-corrected chi connectivity index (χ1v) is 7.42. The summed E-state index contributed by atoms with van der Waals surface area (Å²) in [4.78, 5) is 11.5. The number of aliphatic hydroxyl groups is 1. The third kappa shape index (κ3) is 5.09. The smallest absolute Gasteiger partial charge is 0.407 e. The van der Waals surface area contributed by atoms with E-state index in [1.807, 2.05) is 13.8 Å². The van der Waals surface area contributed by atoms with Crippen molar-refractivity contribution in [2.24, 2.45) is 11.8 Å². The molecular weight excluding hydrogens is 280 g/mol. The summed E-state index contributed by atoms with van der Waals surface area (Å²) in [5.74, 6) is -3.32. The van der Waals surface area contributed by atoms with Gasteiger partial charge in [0.05, 0.1) is 6.54 Å². The highest BCUT2D eigenvalue weighted by molar-refractivity contribution is 5.67. The van der Waals surface area contributed by atoms with Gasteiger partial charge in [-0.15, -0.1) is 0 Å². The van der Waals surface area contributed by atoms with E-state index < -0.39 is 29.8 Å². The Morgan fingerprint density at radius 3 is 2.19 bits per heavy atom. The van der Waals surface area contributed by atoms with Gasteiger partial charge in [0.15, 0.2) is 0 Å². The molecule has 1 aliphatic rings. The Bertz CT molecular complexity index is 370. The molecule has 2 atom stereocenters. The maximum absolute atomic E-state index is 14.3. The molecule has 0 aromatic carbocycles. The van der Waals surface area contributed by atoms with Crippen LogP contribution in [-0.4, -0.2) is 34.9 Å². The van der Waals surface area contributed by atoms with E-state index in [9.17, 15) is 18.7 Å².